The average Bonchev–Trinajstić information content (AvgIpc) is 2.95. The monoisotopic (exact) mass is 421 g/mol. The van der Waals surface area contributed by atoms with Gasteiger partial charge in [0.25, 0.3) is 5.91 Å². The van der Waals surface area contributed by atoms with Crippen molar-refractivity contribution in [3.8, 4) is 5.75 Å². The molecule has 0 saturated heterocycles. The molecule has 118 valence electrons. The molecule has 0 aliphatic heterocycles. The Kier molecular flexibility index (Phi) is 4.51. The van der Waals surface area contributed by atoms with Gasteiger partial charge in [-0.15, -0.1) is 0 Å². The number of nitrogens with zero attached hydrogens (tertiary/aromatic N) is 2. The maximum Gasteiger partial charge on any atom is 0.274 e. The van der Waals surface area contributed by atoms with Crippen LogP contribution in [0.1, 0.15) is 23.1 Å². The lowest BCUT2D eigenvalue weighted by Gasteiger charge is -2.07. The molecule has 0 atom stereocenters. The van der Waals surface area contributed by atoms with Gasteiger partial charge in [0.1, 0.15) is 5.69 Å². The second-order valence-electron chi connectivity index (χ2n) is 4.99. The third kappa shape index (κ3) is 3.03. The van der Waals surface area contributed by atoms with Gasteiger partial charge in [0.15, 0.2) is 11.4 Å². The van der Waals surface area contributed by atoms with Crippen LogP contribution in [0.25, 0.3) is 5.65 Å². The Morgan fingerprint density at radius 2 is 2.04 bits per heavy atom. The third-order valence-electron chi connectivity index (χ3n) is 3.56. The van der Waals surface area contributed by atoms with Gasteiger partial charge in [0.2, 0.25) is 0 Å². The smallest absolute Gasteiger partial charge is 0.274 e. The van der Waals surface area contributed by atoms with E-state index < -0.39 is 0 Å². The molecule has 3 rings (SSSR count). The van der Waals surface area contributed by atoms with Crippen LogP contribution in [0.4, 0.5) is 5.69 Å². The van der Waals surface area contributed by atoms with Crippen molar-refractivity contribution in [2.24, 2.45) is 0 Å². The van der Waals surface area contributed by atoms with Crippen LogP contribution >= 0.6 is 22.6 Å². The zero-order valence-corrected chi connectivity index (χ0v) is 15.0. The van der Waals surface area contributed by atoms with Crippen LogP contribution in [-0.4, -0.2) is 22.4 Å². The first-order valence-corrected chi connectivity index (χ1v) is 8.32. The molecule has 5 nitrogen and oxygen atoms in total. The molecular weight excluding hydrogens is 405 g/mol. The van der Waals surface area contributed by atoms with E-state index in [0.29, 0.717) is 23.5 Å². The predicted octanol–water partition coefficient (Wildman–Crippen LogP) is 3.76. The van der Waals surface area contributed by atoms with Gasteiger partial charge >= 0.3 is 0 Å². The fourth-order valence-electron chi connectivity index (χ4n) is 2.46. The van der Waals surface area contributed by atoms with Crippen LogP contribution in [0.5, 0.6) is 5.75 Å². The van der Waals surface area contributed by atoms with E-state index in [1.54, 1.807) is 11.5 Å². The molecule has 0 fully saturated rings. The molecule has 0 aliphatic carbocycles. The van der Waals surface area contributed by atoms with Crippen LogP contribution in [0.2, 0.25) is 0 Å². The number of pyridine rings is 1. The molecule has 0 spiro atoms. The van der Waals surface area contributed by atoms with E-state index in [-0.39, 0.29) is 5.91 Å². The van der Waals surface area contributed by atoms with Crippen molar-refractivity contribution in [2.75, 3.05) is 12.4 Å². The molecule has 0 unspecified atom stereocenters. The number of aromatic nitrogens is 2. The average molecular weight is 421 g/mol. The van der Waals surface area contributed by atoms with Crippen molar-refractivity contribution in [1.29, 1.82) is 0 Å². The van der Waals surface area contributed by atoms with E-state index in [4.69, 9.17) is 4.74 Å². The molecule has 0 saturated carbocycles. The number of ether oxygens (including phenoxy) is 1. The standard InChI is InChI=1S/C17H16IN3O2/c1-3-13-15(17(22)19-12-8-6-11(18)7-9-12)21-10-4-5-14(23-2)16(21)20-13/h4-10H,3H2,1-2H3,(H,19,22). The Hall–Kier alpha value is -2.09. The molecule has 0 radical (unpaired) electrons. The molecule has 3 aromatic rings. The summed E-state index contributed by atoms with van der Waals surface area (Å²) < 4.78 is 8.23. The summed E-state index contributed by atoms with van der Waals surface area (Å²) in [5.74, 6) is 0.472. The number of hydrogen-bond acceptors (Lipinski definition) is 3. The number of fused-ring (bicyclic) bond motifs is 1. The SMILES string of the molecule is CCc1nc2c(OC)cccn2c1C(=O)Nc1ccc(I)cc1. The van der Waals surface area contributed by atoms with Crippen LogP contribution in [0.15, 0.2) is 42.6 Å². The minimum Gasteiger partial charge on any atom is -0.493 e. The summed E-state index contributed by atoms with van der Waals surface area (Å²) in [6.07, 6.45) is 2.49. The Balaban J connectivity index is 2.04. The van der Waals surface area contributed by atoms with Crippen LogP contribution in [0.3, 0.4) is 0 Å². The van der Waals surface area contributed by atoms with Crippen molar-refractivity contribution in [3.05, 3.63) is 57.6 Å². The minimum atomic E-state index is -0.177. The number of benzene rings is 1. The summed E-state index contributed by atoms with van der Waals surface area (Å²) in [6, 6.07) is 11.4. The first-order chi connectivity index (χ1) is 11.1. The summed E-state index contributed by atoms with van der Waals surface area (Å²) in [5.41, 5.74) is 2.70. The molecule has 0 bridgehead atoms. The van der Waals surface area contributed by atoms with E-state index in [1.165, 1.54) is 0 Å². The topological polar surface area (TPSA) is 55.6 Å². The van der Waals surface area contributed by atoms with Gasteiger partial charge in [-0.05, 0) is 65.4 Å². The van der Waals surface area contributed by atoms with Gasteiger partial charge in [-0.25, -0.2) is 4.98 Å². The first-order valence-electron chi connectivity index (χ1n) is 7.25. The summed E-state index contributed by atoms with van der Waals surface area (Å²) in [4.78, 5) is 17.3. The molecular formula is C17H16IN3O2. The van der Waals surface area contributed by atoms with E-state index in [2.05, 4.69) is 32.9 Å². The number of hydrogen-bond donors (Lipinski definition) is 1. The number of nitrogens with one attached hydrogen (secondary N) is 1. The van der Waals surface area contributed by atoms with E-state index in [0.717, 1.165) is 15.0 Å². The van der Waals surface area contributed by atoms with Crippen LogP contribution < -0.4 is 10.1 Å². The minimum absolute atomic E-state index is 0.177. The normalized spacial score (nSPS) is 10.7. The van der Waals surface area contributed by atoms with E-state index >= 15 is 0 Å². The molecule has 1 amide bonds. The van der Waals surface area contributed by atoms with Gasteiger partial charge in [-0.1, -0.05) is 6.92 Å². The highest BCUT2D eigenvalue weighted by atomic mass is 127. The van der Waals surface area contributed by atoms with E-state index in [9.17, 15) is 4.79 Å². The summed E-state index contributed by atoms with van der Waals surface area (Å²) in [6.45, 7) is 1.98. The van der Waals surface area contributed by atoms with Gasteiger partial charge in [0, 0.05) is 15.5 Å². The quantitative estimate of drug-likeness (QED) is 0.653. The Labute approximate surface area is 147 Å². The number of imidazole rings is 1. The molecule has 1 aromatic carbocycles. The maximum absolute atomic E-state index is 12.7. The highest BCUT2D eigenvalue weighted by Crippen LogP contribution is 2.23. The predicted molar refractivity (Wildman–Crippen MR) is 98.2 cm³/mol. The highest BCUT2D eigenvalue weighted by Gasteiger charge is 2.20. The number of methoxy groups -OCH3 is 1. The van der Waals surface area contributed by atoms with Crippen molar-refractivity contribution in [1.82, 2.24) is 9.38 Å². The Bertz CT molecular complexity index is 856. The van der Waals surface area contributed by atoms with Crippen molar-refractivity contribution in [2.45, 2.75) is 13.3 Å². The lowest BCUT2D eigenvalue weighted by Crippen LogP contribution is -2.16. The molecule has 23 heavy (non-hydrogen) atoms. The molecule has 6 heteroatoms. The second-order valence-corrected chi connectivity index (χ2v) is 6.24. The lowest BCUT2D eigenvalue weighted by molar-refractivity contribution is 0.102. The number of carbonyl (C=O) groups excluding carboxylic acids is 1. The van der Waals surface area contributed by atoms with Crippen molar-refractivity contribution >= 4 is 39.8 Å². The van der Waals surface area contributed by atoms with Gasteiger partial charge < -0.3 is 10.1 Å². The zero-order valence-electron chi connectivity index (χ0n) is 12.8. The number of amides is 1. The Morgan fingerprint density at radius 1 is 1.30 bits per heavy atom. The summed E-state index contributed by atoms with van der Waals surface area (Å²) >= 11 is 2.23. The maximum atomic E-state index is 12.7. The first kappa shape index (κ1) is 15.8. The number of carbonyl (C=O) groups is 1. The summed E-state index contributed by atoms with van der Waals surface area (Å²) in [7, 11) is 1.60. The van der Waals surface area contributed by atoms with Crippen molar-refractivity contribution < 1.29 is 9.53 Å². The fraction of sp³-hybridized carbons (Fsp3) is 0.176. The van der Waals surface area contributed by atoms with Crippen molar-refractivity contribution in [3.63, 3.8) is 0 Å². The summed E-state index contributed by atoms with van der Waals surface area (Å²) in [5, 5.41) is 2.93. The fourth-order valence-corrected chi connectivity index (χ4v) is 2.82. The van der Waals surface area contributed by atoms with E-state index in [1.807, 2.05) is 49.5 Å². The molecule has 2 aromatic heterocycles. The number of halogens is 1. The Morgan fingerprint density at radius 3 is 2.70 bits per heavy atom. The highest BCUT2D eigenvalue weighted by molar-refractivity contribution is 14.1. The van der Waals surface area contributed by atoms with Gasteiger partial charge in [-0.3, -0.25) is 9.20 Å². The largest absolute Gasteiger partial charge is 0.493 e. The van der Waals surface area contributed by atoms with Gasteiger partial charge in [-0.2, -0.15) is 0 Å². The van der Waals surface area contributed by atoms with Crippen LogP contribution in [0, 0.1) is 3.57 Å². The second kappa shape index (κ2) is 6.57. The lowest BCUT2D eigenvalue weighted by atomic mass is 10.2. The molecule has 1 N–H and O–H groups in total. The third-order valence-corrected chi connectivity index (χ3v) is 4.28. The van der Waals surface area contributed by atoms with Gasteiger partial charge in [0.05, 0.1) is 12.8 Å². The molecule has 2 heterocycles. The number of aryl methyl sites for hydroxylation is 1. The van der Waals surface area contributed by atoms with Crippen LogP contribution in [-0.2, 0) is 6.42 Å². The zero-order chi connectivity index (χ0) is 16.4. The number of anilines is 1. The molecule has 0 aliphatic rings. The number of rotatable bonds is 4.